The molecule has 1 rings (SSSR count). The van der Waals surface area contributed by atoms with Gasteiger partial charge in [-0.1, -0.05) is 13.3 Å². The number of carbonyl (C=O) groups is 1. The van der Waals surface area contributed by atoms with Gasteiger partial charge in [-0.2, -0.15) is 11.8 Å². The predicted octanol–water partition coefficient (Wildman–Crippen LogP) is 1.89. The van der Waals surface area contributed by atoms with Crippen molar-refractivity contribution in [1.82, 2.24) is 4.90 Å². The highest BCUT2D eigenvalue weighted by Crippen LogP contribution is 2.25. The van der Waals surface area contributed by atoms with E-state index in [2.05, 4.69) is 6.92 Å². The molecule has 1 amide bonds. The molecule has 0 aromatic rings. The minimum Gasteiger partial charge on any atom is -0.395 e. The minimum atomic E-state index is 0.0852. The Morgan fingerprint density at radius 1 is 1.50 bits per heavy atom. The van der Waals surface area contributed by atoms with Crippen molar-refractivity contribution in [2.75, 3.05) is 24.7 Å². The Bertz CT molecular complexity index is 207. The molecule has 1 saturated carbocycles. The Morgan fingerprint density at radius 2 is 2.25 bits per heavy atom. The fraction of sp³-hybridized carbons (Fsp3) is 0.917. The standard InChI is InChI=1S/C12H23NO2S/c1-2-3-9-16-10-12(15)13(7-8-14)11-5-4-6-11/h11,14H,2-10H2,1H3. The summed E-state index contributed by atoms with van der Waals surface area (Å²) in [6, 6.07) is 0.409. The quantitative estimate of drug-likeness (QED) is 0.664. The van der Waals surface area contributed by atoms with Gasteiger partial charge in [0.2, 0.25) is 5.91 Å². The van der Waals surface area contributed by atoms with Gasteiger partial charge in [0.25, 0.3) is 0 Å². The van der Waals surface area contributed by atoms with E-state index in [1.807, 2.05) is 4.90 Å². The van der Waals surface area contributed by atoms with Gasteiger partial charge in [0, 0.05) is 12.6 Å². The summed E-state index contributed by atoms with van der Waals surface area (Å²) in [5.41, 5.74) is 0. The summed E-state index contributed by atoms with van der Waals surface area (Å²) in [4.78, 5) is 13.8. The third-order valence-electron chi connectivity index (χ3n) is 3.04. The first kappa shape index (κ1) is 13.8. The molecule has 4 heteroatoms. The summed E-state index contributed by atoms with van der Waals surface area (Å²) in [6.07, 6.45) is 5.82. The van der Waals surface area contributed by atoms with Gasteiger partial charge in [-0.15, -0.1) is 0 Å². The highest BCUT2D eigenvalue weighted by Gasteiger charge is 2.27. The molecule has 0 atom stereocenters. The van der Waals surface area contributed by atoms with E-state index in [4.69, 9.17) is 5.11 Å². The van der Waals surface area contributed by atoms with Crippen LogP contribution in [-0.4, -0.2) is 46.6 Å². The number of hydrogen-bond donors (Lipinski definition) is 1. The molecule has 3 nitrogen and oxygen atoms in total. The smallest absolute Gasteiger partial charge is 0.232 e. The lowest BCUT2D eigenvalue weighted by Crippen LogP contribution is -2.46. The van der Waals surface area contributed by atoms with E-state index in [1.165, 1.54) is 19.3 Å². The van der Waals surface area contributed by atoms with Crippen LogP contribution in [0.3, 0.4) is 0 Å². The van der Waals surface area contributed by atoms with Gasteiger partial charge >= 0.3 is 0 Å². The molecule has 0 aromatic heterocycles. The maximum atomic E-state index is 11.9. The van der Waals surface area contributed by atoms with Gasteiger partial charge in [0.15, 0.2) is 0 Å². The lowest BCUT2D eigenvalue weighted by Gasteiger charge is -2.37. The Morgan fingerprint density at radius 3 is 2.75 bits per heavy atom. The van der Waals surface area contributed by atoms with E-state index in [9.17, 15) is 4.79 Å². The number of rotatable bonds is 8. The largest absolute Gasteiger partial charge is 0.395 e. The highest BCUT2D eigenvalue weighted by molar-refractivity contribution is 7.99. The second-order valence-corrected chi connectivity index (χ2v) is 5.41. The lowest BCUT2D eigenvalue weighted by molar-refractivity contribution is -0.132. The Hall–Kier alpha value is -0.220. The number of amides is 1. The summed E-state index contributed by atoms with van der Waals surface area (Å²) in [5, 5.41) is 8.96. The number of aliphatic hydroxyl groups excluding tert-OH is 1. The molecule has 0 aliphatic heterocycles. The number of thioether (sulfide) groups is 1. The first-order valence-corrected chi connectivity index (χ1v) is 7.43. The molecule has 16 heavy (non-hydrogen) atoms. The third-order valence-corrected chi connectivity index (χ3v) is 4.07. The normalized spacial score (nSPS) is 15.9. The van der Waals surface area contributed by atoms with Crippen molar-refractivity contribution in [3.63, 3.8) is 0 Å². The molecule has 1 aliphatic rings. The van der Waals surface area contributed by atoms with E-state index in [1.54, 1.807) is 11.8 Å². The average Bonchev–Trinajstić information content (AvgIpc) is 2.21. The molecule has 1 fully saturated rings. The van der Waals surface area contributed by atoms with E-state index in [0.717, 1.165) is 18.6 Å². The topological polar surface area (TPSA) is 40.5 Å². The Labute approximate surface area is 103 Å². The predicted molar refractivity (Wildman–Crippen MR) is 68.7 cm³/mol. The molecule has 1 N–H and O–H groups in total. The fourth-order valence-corrected chi connectivity index (χ4v) is 2.78. The van der Waals surface area contributed by atoms with Crippen LogP contribution in [-0.2, 0) is 4.79 Å². The van der Waals surface area contributed by atoms with E-state index in [-0.39, 0.29) is 12.5 Å². The van der Waals surface area contributed by atoms with Gasteiger partial charge < -0.3 is 10.0 Å². The van der Waals surface area contributed by atoms with Crippen LogP contribution >= 0.6 is 11.8 Å². The van der Waals surface area contributed by atoms with Crippen LogP contribution in [0.1, 0.15) is 39.0 Å². The van der Waals surface area contributed by atoms with Crippen molar-refractivity contribution in [2.24, 2.45) is 0 Å². The first-order chi connectivity index (χ1) is 7.79. The molecule has 0 heterocycles. The maximum absolute atomic E-state index is 11.9. The summed E-state index contributed by atoms with van der Waals surface area (Å²) in [5.74, 6) is 1.86. The highest BCUT2D eigenvalue weighted by atomic mass is 32.2. The van der Waals surface area contributed by atoms with Crippen LogP contribution in [0.5, 0.6) is 0 Å². The molecule has 0 bridgehead atoms. The number of nitrogens with zero attached hydrogens (tertiary/aromatic N) is 1. The van der Waals surface area contributed by atoms with Crippen LogP contribution in [0.2, 0.25) is 0 Å². The Kier molecular flexibility index (Phi) is 6.88. The molecule has 0 spiro atoms. The van der Waals surface area contributed by atoms with Crippen LogP contribution in [0.25, 0.3) is 0 Å². The van der Waals surface area contributed by atoms with Crippen LogP contribution < -0.4 is 0 Å². The van der Waals surface area contributed by atoms with E-state index < -0.39 is 0 Å². The second-order valence-electron chi connectivity index (χ2n) is 4.30. The Balaban J connectivity index is 2.23. The zero-order valence-corrected chi connectivity index (χ0v) is 11.0. The summed E-state index contributed by atoms with van der Waals surface area (Å²) >= 11 is 1.72. The van der Waals surface area contributed by atoms with Crippen molar-refractivity contribution in [3.05, 3.63) is 0 Å². The van der Waals surface area contributed by atoms with Crippen molar-refractivity contribution < 1.29 is 9.90 Å². The SMILES string of the molecule is CCCCSCC(=O)N(CCO)C1CCC1. The molecule has 0 unspecified atom stereocenters. The number of aliphatic hydroxyl groups is 1. The van der Waals surface area contributed by atoms with Gasteiger partial charge in [0.1, 0.15) is 0 Å². The van der Waals surface area contributed by atoms with Crippen LogP contribution in [0, 0.1) is 0 Å². The zero-order chi connectivity index (χ0) is 11.8. The van der Waals surface area contributed by atoms with Gasteiger partial charge in [-0.3, -0.25) is 4.79 Å². The average molecular weight is 245 g/mol. The zero-order valence-electron chi connectivity index (χ0n) is 10.2. The minimum absolute atomic E-state index is 0.0852. The number of unbranched alkanes of at least 4 members (excludes halogenated alkanes) is 1. The van der Waals surface area contributed by atoms with Gasteiger partial charge in [-0.25, -0.2) is 0 Å². The van der Waals surface area contributed by atoms with Gasteiger partial charge in [0.05, 0.1) is 12.4 Å². The molecule has 94 valence electrons. The van der Waals surface area contributed by atoms with Crippen molar-refractivity contribution >= 4 is 17.7 Å². The van der Waals surface area contributed by atoms with Gasteiger partial charge in [-0.05, 0) is 31.4 Å². The summed E-state index contributed by atoms with van der Waals surface area (Å²) < 4.78 is 0. The van der Waals surface area contributed by atoms with Crippen LogP contribution in [0.4, 0.5) is 0 Å². The molecule has 0 aromatic carbocycles. The third kappa shape index (κ3) is 4.34. The molecule has 0 saturated heterocycles. The fourth-order valence-electron chi connectivity index (χ4n) is 1.81. The molecule has 1 aliphatic carbocycles. The number of carbonyl (C=O) groups excluding carboxylic acids is 1. The summed E-state index contributed by atoms with van der Waals surface area (Å²) in [6.45, 7) is 2.76. The summed E-state index contributed by atoms with van der Waals surface area (Å²) in [7, 11) is 0. The second kappa shape index (κ2) is 7.96. The van der Waals surface area contributed by atoms with Crippen molar-refractivity contribution in [1.29, 1.82) is 0 Å². The molecular weight excluding hydrogens is 222 g/mol. The van der Waals surface area contributed by atoms with E-state index in [0.29, 0.717) is 18.3 Å². The molecule has 0 radical (unpaired) electrons. The number of hydrogen-bond acceptors (Lipinski definition) is 3. The molecular formula is C12H23NO2S. The monoisotopic (exact) mass is 245 g/mol. The maximum Gasteiger partial charge on any atom is 0.232 e. The van der Waals surface area contributed by atoms with Crippen molar-refractivity contribution in [2.45, 2.75) is 45.1 Å². The first-order valence-electron chi connectivity index (χ1n) is 6.27. The van der Waals surface area contributed by atoms with Crippen LogP contribution in [0.15, 0.2) is 0 Å². The lowest BCUT2D eigenvalue weighted by atomic mass is 9.91. The van der Waals surface area contributed by atoms with E-state index >= 15 is 0 Å². The van der Waals surface area contributed by atoms with Crippen molar-refractivity contribution in [3.8, 4) is 0 Å².